The molecule has 7 heteroatoms. The molecule has 1 aliphatic carbocycles. The zero-order chi connectivity index (χ0) is 23.6. The Hall–Kier alpha value is -4.10. The van der Waals surface area contributed by atoms with Crippen LogP contribution < -0.4 is 5.32 Å². The standard InChI is InChI=1S/C28H23N5OS/c34-28(30-15-19-5-3-6-20(13-19)16-33-18-29-17-31-33)26-23-8-1-2-9-25(23)32-27-21(10-11-24(26)27)14-22-7-4-12-35-22/h1-9,12-14,17-18H,10-11,15-16H2,(H,30,34)/b21-14+. The second-order valence-corrected chi connectivity index (χ2v) is 9.59. The topological polar surface area (TPSA) is 72.7 Å². The number of hydrogen-bond acceptors (Lipinski definition) is 5. The van der Waals surface area contributed by atoms with Gasteiger partial charge in [0.25, 0.3) is 5.91 Å². The highest BCUT2D eigenvalue weighted by Crippen LogP contribution is 2.37. The van der Waals surface area contributed by atoms with Crippen molar-refractivity contribution in [3.63, 3.8) is 0 Å². The highest BCUT2D eigenvalue weighted by atomic mass is 32.1. The van der Waals surface area contributed by atoms with Crippen LogP contribution in [-0.4, -0.2) is 25.7 Å². The minimum atomic E-state index is -0.0566. The Kier molecular flexibility index (Phi) is 5.68. The molecule has 0 aliphatic heterocycles. The minimum absolute atomic E-state index is 0.0566. The van der Waals surface area contributed by atoms with E-state index in [0.29, 0.717) is 13.1 Å². The Balaban J connectivity index is 1.30. The fourth-order valence-corrected chi connectivity index (χ4v) is 5.38. The van der Waals surface area contributed by atoms with Crippen molar-refractivity contribution in [3.05, 3.63) is 112 Å². The lowest BCUT2D eigenvalue weighted by molar-refractivity contribution is 0.0951. The zero-order valence-electron chi connectivity index (χ0n) is 19.0. The van der Waals surface area contributed by atoms with Gasteiger partial charge in [0, 0.05) is 16.8 Å². The largest absolute Gasteiger partial charge is 0.348 e. The molecule has 2 aromatic carbocycles. The predicted molar refractivity (Wildman–Crippen MR) is 139 cm³/mol. The van der Waals surface area contributed by atoms with Gasteiger partial charge in [-0.15, -0.1) is 11.3 Å². The number of rotatable bonds is 6. The summed E-state index contributed by atoms with van der Waals surface area (Å²) >= 11 is 1.71. The molecule has 0 bridgehead atoms. The van der Waals surface area contributed by atoms with Crippen LogP contribution in [0.5, 0.6) is 0 Å². The summed E-state index contributed by atoms with van der Waals surface area (Å²) in [6.07, 6.45) is 7.15. The van der Waals surface area contributed by atoms with Crippen LogP contribution in [0, 0.1) is 0 Å². The van der Waals surface area contributed by atoms with E-state index < -0.39 is 0 Å². The summed E-state index contributed by atoms with van der Waals surface area (Å²) in [5.74, 6) is -0.0566. The molecule has 0 saturated heterocycles. The molecule has 3 aromatic heterocycles. The number of aromatic nitrogens is 4. The van der Waals surface area contributed by atoms with E-state index >= 15 is 0 Å². The Labute approximate surface area is 207 Å². The van der Waals surface area contributed by atoms with Gasteiger partial charge in [-0.1, -0.05) is 48.5 Å². The van der Waals surface area contributed by atoms with Gasteiger partial charge in [0.1, 0.15) is 12.7 Å². The summed E-state index contributed by atoms with van der Waals surface area (Å²) in [5, 5.41) is 10.3. The molecule has 0 saturated carbocycles. The van der Waals surface area contributed by atoms with E-state index in [1.807, 2.05) is 36.4 Å². The fourth-order valence-electron chi connectivity index (χ4n) is 4.69. The average molecular weight is 478 g/mol. The predicted octanol–water partition coefficient (Wildman–Crippen LogP) is 5.35. The van der Waals surface area contributed by atoms with Crippen LogP contribution in [0.15, 0.2) is 78.7 Å². The first-order valence-electron chi connectivity index (χ1n) is 11.6. The summed E-state index contributed by atoms with van der Waals surface area (Å²) in [6, 6.07) is 20.3. The normalized spacial score (nSPS) is 13.9. The van der Waals surface area contributed by atoms with E-state index in [0.717, 1.165) is 51.7 Å². The number of nitrogens with zero attached hydrogens (tertiary/aromatic N) is 4. The van der Waals surface area contributed by atoms with E-state index in [1.54, 1.807) is 22.3 Å². The average Bonchev–Trinajstić information content (AvgIpc) is 3.65. The van der Waals surface area contributed by atoms with Gasteiger partial charge in [0.15, 0.2) is 0 Å². The van der Waals surface area contributed by atoms with Crippen LogP contribution in [0.2, 0.25) is 0 Å². The van der Waals surface area contributed by atoms with E-state index in [1.165, 1.54) is 16.8 Å². The quantitative estimate of drug-likeness (QED) is 0.358. The Bertz CT molecular complexity index is 1540. The van der Waals surface area contributed by atoms with Crippen LogP contribution in [0.25, 0.3) is 22.6 Å². The van der Waals surface area contributed by atoms with Crippen molar-refractivity contribution in [2.45, 2.75) is 25.9 Å². The fraction of sp³-hybridized carbons (Fsp3) is 0.143. The Morgan fingerprint density at radius 1 is 1.06 bits per heavy atom. The third kappa shape index (κ3) is 4.38. The molecular weight excluding hydrogens is 454 g/mol. The van der Waals surface area contributed by atoms with Crippen molar-refractivity contribution in [2.75, 3.05) is 0 Å². The molecule has 5 aromatic rings. The van der Waals surface area contributed by atoms with Crippen LogP contribution >= 0.6 is 11.3 Å². The van der Waals surface area contributed by atoms with Crippen molar-refractivity contribution in [2.24, 2.45) is 0 Å². The number of thiophene rings is 1. The molecule has 35 heavy (non-hydrogen) atoms. The third-order valence-electron chi connectivity index (χ3n) is 6.28. The minimum Gasteiger partial charge on any atom is -0.348 e. The number of amides is 1. The molecule has 0 atom stereocenters. The molecule has 6 rings (SSSR count). The molecule has 172 valence electrons. The number of carbonyl (C=O) groups excluding carboxylic acids is 1. The summed E-state index contributed by atoms with van der Waals surface area (Å²) in [4.78, 5) is 23.8. The van der Waals surface area contributed by atoms with Gasteiger partial charge in [-0.2, -0.15) is 5.10 Å². The monoisotopic (exact) mass is 477 g/mol. The van der Waals surface area contributed by atoms with Gasteiger partial charge in [-0.05, 0) is 58.7 Å². The molecule has 1 N–H and O–H groups in total. The second kappa shape index (κ2) is 9.27. The lowest BCUT2D eigenvalue weighted by atomic mass is 10.00. The van der Waals surface area contributed by atoms with Crippen molar-refractivity contribution in [1.82, 2.24) is 25.1 Å². The molecule has 1 amide bonds. The number of fused-ring (bicyclic) bond motifs is 2. The Morgan fingerprint density at radius 2 is 1.97 bits per heavy atom. The number of benzene rings is 2. The molecule has 0 unspecified atom stereocenters. The van der Waals surface area contributed by atoms with E-state index in [9.17, 15) is 4.79 Å². The number of nitrogens with one attached hydrogen (secondary N) is 1. The zero-order valence-corrected chi connectivity index (χ0v) is 19.8. The third-order valence-corrected chi connectivity index (χ3v) is 7.10. The number of pyridine rings is 1. The van der Waals surface area contributed by atoms with Crippen LogP contribution in [0.4, 0.5) is 0 Å². The van der Waals surface area contributed by atoms with Gasteiger partial charge in [0.05, 0.1) is 23.3 Å². The van der Waals surface area contributed by atoms with Crippen molar-refractivity contribution in [1.29, 1.82) is 0 Å². The summed E-state index contributed by atoms with van der Waals surface area (Å²) in [7, 11) is 0. The number of carbonyl (C=O) groups is 1. The summed E-state index contributed by atoms with van der Waals surface area (Å²) in [5.41, 5.74) is 6.96. The maximum atomic E-state index is 13.6. The maximum absolute atomic E-state index is 13.6. The highest BCUT2D eigenvalue weighted by Gasteiger charge is 2.26. The Morgan fingerprint density at radius 3 is 2.83 bits per heavy atom. The van der Waals surface area contributed by atoms with Crippen LogP contribution in [0.3, 0.4) is 0 Å². The van der Waals surface area contributed by atoms with E-state index in [4.69, 9.17) is 4.98 Å². The molecule has 0 spiro atoms. The maximum Gasteiger partial charge on any atom is 0.252 e. The van der Waals surface area contributed by atoms with Gasteiger partial charge in [0.2, 0.25) is 0 Å². The summed E-state index contributed by atoms with van der Waals surface area (Å²) in [6.45, 7) is 1.09. The molecule has 6 nitrogen and oxygen atoms in total. The van der Waals surface area contributed by atoms with Gasteiger partial charge in [-0.25, -0.2) is 14.6 Å². The van der Waals surface area contributed by atoms with Gasteiger partial charge in [-0.3, -0.25) is 4.79 Å². The van der Waals surface area contributed by atoms with E-state index in [-0.39, 0.29) is 5.91 Å². The van der Waals surface area contributed by atoms with Gasteiger partial charge < -0.3 is 5.32 Å². The number of para-hydroxylation sites is 1. The van der Waals surface area contributed by atoms with E-state index in [2.05, 4.69) is 51.1 Å². The molecule has 0 fully saturated rings. The summed E-state index contributed by atoms with van der Waals surface area (Å²) < 4.78 is 1.78. The molecule has 3 heterocycles. The lowest BCUT2D eigenvalue weighted by Gasteiger charge is -2.13. The first-order chi connectivity index (χ1) is 17.2. The second-order valence-electron chi connectivity index (χ2n) is 8.61. The van der Waals surface area contributed by atoms with Crippen molar-refractivity contribution >= 4 is 39.8 Å². The van der Waals surface area contributed by atoms with Crippen molar-refractivity contribution < 1.29 is 4.79 Å². The SMILES string of the molecule is O=C(NCc1cccc(Cn2cncn2)c1)c1c2c(nc3ccccc13)/C(=C/c1cccs1)CC2. The molecule has 1 aliphatic rings. The van der Waals surface area contributed by atoms with Crippen LogP contribution in [0.1, 0.15) is 44.0 Å². The highest BCUT2D eigenvalue weighted by molar-refractivity contribution is 7.10. The van der Waals surface area contributed by atoms with Crippen molar-refractivity contribution in [3.8, 4) is 0 Å². The molecule has 0 radical (unpaired) electrons. The lowest BCUT2D eigenvalue weighted by Crippen LogP contribution is -2.24. The number of allylic oxidation sites excluding steroid dienone is 1. The van der Waals surface area contributed by atoms with Gasteiger partial charge >= 0.3 is 0 Å². The molecular formula is C28H23N5OS. The smallest absolute Gasteiger partial charge is 0.252 e. The first kappa shape index (κ1) is 21.4. The first-order valence-corrected chi connectivity index (χ1v) is 12.5. The van der Waals surface area contributed by atoms with Crippen LogP contribution in [-0.2, 0) is 19.5 Å². The number of hydrogen-bond donors (Lipinski definition) is 1.